The molecule has 0 bridgehead atoms. The molecule has 0 aliphatic heterocycles. The van der Waals surface area contributed by atoms with E-state index in [2.05, 4.69) is 23.1 Å². The predicted molar refractivity (Wildman–Crippen MR) is 70.3 cm³/mol. The number of aromatic nitrogens is 1. The monoisotopic (exact) mass is 233 g/mol. The minimum absolute atomic E-state index is 0.779. The van der Waals surface area contributed by atoms with Gasteiger partial charge in [0.05, 0.1) is 0 Å². The van der Waals surface area contributed by atoms with Crippen molar-refractivity contribution >= 4 is 29.0 Å². The molecule has 0 atom stereocenters. The minimum atomic E-state index is 0.779. The zero-order valence-corrected chi connectivity index (χ0v) is 10.2. The molecule has 0 saturated carbocycles. The van der Waals surface area contributed by atoms with Crippen molar-refractivity contribution in [2.45, 2.75) is 13.0 Å². The first kappa shape index (κ1) is 11.3. The van der Waals surface area contributed by atoms with Gasteiger partial charge in [-0.05, 0) is 30.6 Å². The molecular weight excluding hydrogens is 218 g/mol. The van der Waals surface area contributed by atoms with Crippen molar-refractivity contribution in [3.05, 3.63) is 36.0 Å². The van der Waals surface area contributed by atoms with Crippen LogP contribution >= 0.6 is 11.8 Å². The topological polar surface area (TPSA) is 22.0 Å². The first-order valence-electron chi connectivity index (χ1n) is 5.39. The smallest absolute Gasteiger partial charge is 0.150 e. The Labute approximate surface area is 99.6 Å². The third kappa shape index (κ3) is 2.14. The summed E-state index contributed by atoms with van der Waals surface area (Å²) in [5, 5.41) is 1.06. The normalized spacial score (nSPS) is 10.8. The van der Waals surface area contributed by atoms with E-state index in [1.54, 1.807) is 0 Å². The molecular formula is C13H15NOS. The van der Waals surface area contributed by atoms with Gasteiger partial charge in [-0.2, -0.15) is 11.8 Å². The molecule has 0 N–H and O–H groups in total. The number of nitrogens with zero attached hydrogens (tertiary/aromatic N) is 1. The van der Waals surface area contributed by atoms with Crippen LogP contribution in [0.25, 0.3) is 10.9 Å². The highest BCUT2D eigenvalue weighted by atomic mass is 32.2. The molecule has 2 nitrogen and oxygen atoms in total. The molecule has 0 amide bonds. The first-order chi connectivity index (χ1) is 7.86. The lowest BCUT2D eigenvalue weighted by Gasteiger charge is -2.04. The number of fused-ring (bicyclic) bond motifs is 1. The summed E-state index contributed by atoms with van der Waals surface area (Å²) < 4.78 is 2.22. The van der Waals surface area contributed by atoms with Gasteiger partial charge in [-0.3, -0.25) is 4.79 Å². The summed E-state index contributed by atoms with van der Waals surface area (Å²) in [6.45, 7) is 1.02. The summed E-state index contributed by atoms with van der Waals surface area (Å²) >= 11 is 1.87. The number of carbonyl (C=O) groups is 1. The lowest BCUT2D eigenvalue weighted by molar-refractivity contribution is 0.112. The maximum absolute atomic E-state index is 10.9. The van der Waals surface area contributed by atoms with E-state index in [9.17, 15) is 4.79 Å². The zero-order chi connectivity index (χ0) is 11.4. The molecule has 0 spiro atoms. The fourth-order valence-corrected chi connectivity index (χ4v) is 2.34. The van der Waals surface area contributed by atoms with Crippen LogP contribution < -0.4 is 0 Å². The van der Waals surface area contributed by atoms with Gasteiger partial charge >= 0.3 is 0 Å². The highest BCUT2D eigenvalue weighted by molar-refractivity contribution is 7.98. The Morgan fingerprint density at radius 1 is 1.38 bits per heavy atom. The van der Waals surface area contributed by atoms with Crippen LogP contribution in [-0.2, 0) is 6.54 Å². The quantitative estimate of drug-likeness (QED) is 0.584. The molecule has 16 heavy (non-hydrogen) atoms. The summed E-state index contributed by atoms with van der Waals surface area (Å²) in [5.41, 5.74) is 1.94. The number of hydrogen-bond acceptors (Lipinski definition) is 2. The molecule has 0 unspecified atom stereocenters. The highest BCUT2D eigenvalue weighted by Gasteiger charge is 2.04. The van der Waals surface area contributed by atoms with Gasteiger partial charge in [0.25, 0.3) is 0 Å². The molecule has 0 aliphatic carbocycles. The third-order valence-corrected chi connectivity index (χ3v) is 3.42. The molecule has 3 heteroatoms. The molecule has 0 radical (unpaired) electrons. The molecule has 84 valence electrons. The van der Waals surface area contributed by atoms with Crippen molar-refractivity contribution in [2.24, 2.45) is 0 Å². The SMILES string of the molecule is CSCCCn1ccc2c(C=O)cccc21. The van der Waals surface area contributed by atoms with Crippen molar-refractivity contribution in [1.29, 1.82) is 0 Å². The number of carbonyl (C=O) groups excluding carboxylic acids is 1. The van der Waals surface area contributed by atoms with E-state index < -0.39 is 0 Å². The summed E-state index contributed by atoms with van der Waals surface area (Å²) in [4.78, 5) is 10.9. The predicted octanol–water partition coefficient (Wildman–Crippen LogP) is 3.21. The first-order valence-corrected chi connectivity index (χ1v) is 6.78. The summed E-state index contributed by atoms with van der Waals surface area (Å²) in [5.74, 6) is 1.17. The highest BCUT2D eigenvalue weighted by Crippen LogP contribution is 2.19. The molecule has 1 aromatic heterocycles. The zero-order valence-electron chi connectivity index (χ0n) is 9.35. The van der Waals surface area contributed by atoms with Crippen LogP contribution in [0, 0.1) is 0 Å². The Hall–Kier alpha value is -1.22. The Morgan fingerprint density at radius 3 is 3.00 bits per heavy atom. The van der Waals surface area contributed by atoms with Gasteiger partial charge in [0.15, 0.2) is 6.29 Å². The molecule has 1 aromatic carbocycles. The Morgan fingerprint density at radius 2 is 2.25 bits per heavy atom. The van der Waals surface area contributed by atoms with Gasteiger partial charge in [0, 0.05) is 29.2 Å². The lowest BCUT2D eigenvalue weighted by Crippen LogP contribution is -1.97. The van der Waals surface area contributed by atoms with Crippen molar-refractivity contribution in [3.63, 3.8) is 0 Å². The summed E-state index contributed by atoms with van der Waals surface area (Å²) in [6.07, 6.45) is 6.28. The third-order valence-electron chi connectivity index (χ3n) is 2.72. The number of aldehydes is 1. The fourth-order valence-electron chi connectivity index (χ4n) is 1.92. The van der Waals surface area contributed by atoms with Crippen molar-refractivity contribution in [2.75, 3.05) is 12.0 Å². The van der Waals surface area contributed by atoms with E-state index in [0.29, 0.717) is 0 Å². The molecule has 0 aliphatic rings. The van der Waals surface area contributed by atoms with Crippen molar-refractivity contribution < 1.29 is 4.79 Å². The fraction of sp³-hybridized carbons (Fsp3) is 0.308. The van der Waals surface area contributed by atoms with Crippen LogP contribution in [0.5, 0.6) is 0 Å². The van der Waals surface area contributed by atoms with E-state index in [1.165, 1.54) is 5.75 Å². The standard InChI is InChI=1S/C13H15NOS/c1-16-9-3-7-14-8-6-12-11(10-15)4-2-5-13(12)14/h2,4-6,8,10H,3,7,9H2,1H3. The van der Waals surface area contributed by atoms with Gasteiger partial charge in [0.2, 0.25) is 0 Å². The van der Waals surface area contributed by atoms with E-state index in [0.717, 1.165) is 35.7 Å². The summed E-state index contributed by atoms with van der Waals surface area (Å²) in [7, 11) is 0. The van der Waals surface area contributed by atoms with Gasteiger partial charge in [0.1, 0.15) is 0 Å². The molecule has 2 rings (SSSR count). The van der Waals surface area contributed by atoms with Crippen LogP contribution in [-0.4, -0.2) is 22.9 Å². The van der Waals surface area contributed by atoms with Crippen LogP contribution in [0.4, 0.5) is 0 Å². The van der Waals surface area contributed by atoms with Gasteiger partial charge in [-0.25, -0.2) is 0 Å². The number of thioether (sulfide) groups is 1. The number of rotatable bonds is 5. The van der Waals surface area contributed by atoms with Gasteiger partial charge in [-0.1, -0.05) is 12.1 Å². The minimum Gasteiger partial charge on any atom is -0.347 e. The molecule has 0 saturated heterocycles. The second kappa shape index (κ2) is 5.21. The van der Waals surface area contributed by atoms with Crippen molar-refractivity contribution in [3.8, 4) is 0 Å². The van der Waals surface area contributed by atoms with Gasteiger partial charge in [-0.15, -0.1) is 0 Å². The number of hydrogen-bond donors (Lipinski definition) is 0. The average Bonchev–Trinajstić information content (AvgIpc) is 2.73. The maximum Gasteiger partial charge on any atom is 0.150 e. The van der Waals surface area contributed by atoms with Gasteiger partial charge < -0.3 is 4.57 Å². The summed E-state index contributed by atoms with van der Waals surface area (Å²) in [6, 6.07) is 7.90. The Bertz CT molecular complexity index is 490. The second-order valence-electron chi connectivity index (χ2n) is 3.75. The van der Waals surface area contributed by atoms with Crippen LogP contribution in [0.3, 0.4) is 0 Å². The average molecular weight is 233 g/mol. The molecule has 1 heterocycles. The van der Waals surface area contributed by atoms with E-state index in [-0.39, 0.29) is 0 Å². The molecule has 2 aromatic rings. The number of aryl methyl sites for hydroxylation is 1. The maximum atomic E-state index is 10.9. The lowest BCUT2D eigenvalue weighted by atomic mass is 10.1. The van der Waals surface area contributed by atoms with Crippen LogP contribution in [0.2, 0.25) is 0 Å². The van der Waals surface area contributed by atoms with E-state index >= 15 is 0 Å². The Kier molecular flexibility index (Phi) is 3.67. The van der Waals surface area contributed by atoms with E-state index in [4.69, 9.17) is 0 Å². The van der Waals surface area contributed by atoms with E-state index in [1.807, 2.05) is 30.0 Å². The van der Waals surface area contributed by atoms with Crippen LogP contribution in [0.15, 0.2) is 30.5 Å². The van der Waals surface area contributed by atoms with Crippen LogP contribution in [0.1, 0.15) is 16.8 Å². The van der Waals surface area contributed by atoms with Crippen molar-refractivity contribution in [1.82, 2.24) is 4.57 Å². The largest absolute Gasteiger partial charge is 0.347 e. The second-order valence-corrected chi connectivity index (χ2v) is 4.74. The molecule has 0 fully saturated rings. The number of benzene rings is 1. The Balaban J connectivity index is 2.30.